The predicted molar refractivity (Wildman–Crippen MR) is 82.2 cm³/mol. The van der Waals surface area contributed by atoms with E-state index in [0.29, 0.717) is 6.04 Å². The van der Waals surface area contributed by atoms with Crippen LogP contribution in [-0.4, -0.2) is 31.2 Å². The fourth-order valence-electron chi connectivity index (χ4n) is 1.90. The lowest BCUT2D eigenvalue weighted by Gasteiger charge is -2.04. The first-order chi connectivity index (χ1) is 10.2. The molecule has 2 heterocycles. The van der Waals surface area contributed by atoms with Crippen LogP contribution >= 0.6 is 11.3 Å². The van der Waals surface area contributed by atoms with Gasteiger partial charge in [-0.3, -0.25) is 0 Å². The number of rotatable bonds is 5. The van der Waals surface area contributed by atoms with Gasteiger partial charge < -0.3 is 5.32 Å². The summed E-state index contributed by atoms with van der Waals surface area (Å²) < 4.78 is 1.64. The second-order valence-corrected chi connectivity index (χ2v) is 5.91. The molecule has 7 heteroatoms. The number of nitrogens with one attached hydrogen (secondary N) is 1. The maximum atomic E-state index is 4.67. The second-order valence-electron chi connectivity index (χ2n) is 4.97. The van der Waals surface area contributed by atoms with Crippen LogP contribution in [0.25, 0.3) is 16.9 Å². The van der Waals surface area contributed by atoms with Gasteiger partial charge in [0.15, 0.2) is 0 Å². The smallest absolute Gasteiger partial charge is 0.143 e. The van der Waals surface area contributed by atoms with E-state index in [1.165, 1.54) is 0 Å². The molecule has 0 radical (unpaired) electrons. The van der Waals surface area contributed by atoms with Crippen LogP contribution in [0.3, 0.4) is 0 Å². The van der Waals surface area contributed by atoms with Crippen molar-refractivity contribution >= 4 is 11.3 Å². The lowest BCUT2D eigenvalue weighted by atomic mass is 10.1. The van der Waals surface area contributed by atoms with Crippen molar-refractivity contribution in [3.8, 4) is 16.9 Å². The van der Waals surface area contributed by atoms with E-state index in [0.717, 1.165) is 28.5 Å². The number of aromatic nitrogens is 5. The first kappa shape index (κ1) is 13.8. The number of hydrogen-bond acceptors (Lipinski definition) is 6. The third kappa shape index (κ3) is 3.32. The van der Waals surface area contributed by atoms with Gasteiger partial charge in [0.2, 0.25) is 0 Å². The van der Waals surface area contributed by atoms with Crippen LogP contribution in [0.1, 0.15) is 18.9 Å². The van der Waals surface area contributed by atoms with Crippen molar-refractivity contribution in [2.24, 2.45) is 0 Å². The molecule has 108 valence electrons. The minimum atomic E-state index is 0.459. The second kappa shape index (κ2) is 6.11. The van der Waals surface area contributed by atoms with Crippen molar-refractivity contribution in [2.45, 2.75) is 26.4 Å². The molecule has 0 aliphatic rings. The normalized spacial score (nSPS) is 11.2. The number of tetrazole rings is 1. The Bertz CT molecular complexity index is 704. The van der Waals surface area contributed by atoms with E-state index < -0.39 is 0 Å². The fourth-order valence-corrected chi connectivity index (χ4v) is 2.66. The van der Waals surface area contributed by atoms with Crippen molar-refractivity contribution in [3.63, 3.8) is 0 Å². The van der Waals surface area contributed by atoms with Crippen LogP contribution in [0.4, 0.5) is 0 Å². The quantitative estimate of drug-likeness (QED) is 0.783. The summed E-state index contributed by atoms with van der Waals surface area (Å²) in [7, 11) is 0. The Morgan fingerprint density at radius 2 is 2.24 bits per heavy atom. The van der Waals surface area contributed by atoms with Crippen molar-refractivity contribution < 1.29 is 0 Å². The monoisotopic (exact) mass is 300 g/mol. The maximum Gasteiger partial charge on any atom is 0.143 e. The Hall–Kier alpha value is -2.12. The summed E-state index contributed by atoms with van der Waals surface area (Å²) in [6, 6.07) is 8.49. The van der Waals surface area contributed by atoms with E-state index in [1.807, 2.05) is 24.3 Å². The molecule has 0 aliphatic carbocycles. The Morgan fingerprint density at radius 1 is 1.33 bits per heavy atom. The molecule has 1 aromatic carbocycles. The molecule has 3 aromatic rings. The summed E-state index contributed by atoms with van der Waals surface area (Å²) in [6.07, 6.45) is 1.58. The minimum absolute atomic E-state index is 0.459. The molecule has 0 bridgehead atoms. The lowest BCUT2D eigenvalue weighted by Crippen LogP contribution is -2.21. The Labute approximate surface area is 126 Å². The minimum Gasteiger partial charge on any atom is -0.308 e. The van der Waals surface area contributed by atoms with Gasteiger partial charge >= 0.3 is 0 Å². The fraction of sp³-hybridized carbons (Fsp3) is 0.286. The van der Waals surface area contributed by atoms with E-state index >= 15 is 0 Å². The van der Waals surface area contributed by atoms with E-state index in [4.69, 9.17) is 0 Å². The Balaban J connectivity index is 1.82. The van der Waals surface area contributed by atoms with E-state index in [2.05, 4.69) is 45.1 Å². The van der Waals surface area contributed by atoms with Crippen molar-refractivity contribution in [1.29, 1.82) is 0 Å². The van der Waals surface area contributed by atoms with Crippen LogP contribution < -0.4 is 5.32 Å². The maximum absolute atomic E-state index is 4.67. The van der Waals surface area contributed by atoms with Gasteiger partial charge in [0, 0.05) is 23.5 Å². The van der Waals surface area contributed by atoms with E-state index in [-0.39, 0.29) is 0 Å². The molecule has 0 saturated carbocycles. The number of benzene rings is 1. The zero-order chi connectivity index (χ0) is 14.7. The molecule has 0 spiro atoms. The largest absolute Gasteiger partial charge is 0.308 e. The van der Waals surface area contributed by atoms with Gasteiger partial charge in [-0.05, 0) is 22.6 Å². The number of nitrogens with zero attached hydrogens (tertiary/aromatic N) is 5. The van der Waals surface area contributed by atoms with Gasteiger partial charge in [0.1, 0.15) is 11.3 Å². The topological polar surface area (TPSA) is 68.5 Å². The first-order valence-electron chi connectivity index (χ1n) is 6.74. The average Bonchev–Trinajstić information content (AvgIpc) is 3.17. The summed E-state index contributed by atoms with van der Waals surface area (Å²) in [6.45, 7) is 5.06. The molecule has 0 atom stereocenters. The highest BCUT2D eigenvalue weighted by Crippen LogP contribution is 2.23. The standard InChI is InChI=1S/C14H16N6S/c1-10(2)15-7-14-17-13(8-21-14)11-4-3-5-12(6-11)20-9-16-18-19-20/h3-6,8-10,15H,7H2,1-2H3. The molecule has 1 N–H and O–H groups in total. The Morgan fingerprint density at radius 3 is 3.00 bits per heavy atom. The molecule has 0 amide bonds. The van der Waals surface area contributed by atoms with Gasteiger partial charge in [-0.2, -0.15) is 0 Å². The third-order valence-electron chi connectivity index (χ3n) is 2.97. The van der Waals surface area contributed by atoms with Gasteiger partial charge in [0.25, 0.3) is 0 Å². The Kier molecular flexibility index (Phi) is 4.03. The molecule has 0 saturated heterocycles. The lowest BCUT2D eigenvalue weighted by molar-refractivity contribution is 0.587. The summed E-state index contributed by atoms with van der Waals surface area (Å²) in [5, 5.41) is 17.8. The van der Waals surface area contributed by atoms with Crippen LogP contribution in [0.5, 0.6) is 0 Å². The molecule has 0 aliphatic heterocycles. The highest BCUT2D eigenvalue weighted by molar-refractivity contribution is 7.09. The molecular formula is C14H16N6S. The highest BCUT2D eigenvalue weighted by atomic mass is 32.1. The van der Waals surface area contributed by atoms with Gasteiger partial charge in [-0.1, -0.05) is 26.0 Å². The SMILES string of the molecule is CC(C)NCc1nc(-c2cccc(-n3cnnn3)c2)cs1. The average molecular weight is 300 g/mol. The first-order valence-corrected chi connectivity index (χ1v) is 7.62. The van der Waals surface area contributed by atoms with Gasteiger partial charge in [-0.15, -0.1) is 16.4 Å². The van der Waals surface area contributed by atoms with Crippen molar-refractivity contribution in [2.75, 3.05) is 0 Å². The van der Waals surface area contributed by atoms with Crippen LogP contribution in [0.2, 0.25) is 0 Å². The van der Waals surface area contributed by atoms with Gasteiger partial charge in [-0.25, -0.2) is 9.67 Å². The molecule has 0 fully saturated rings. The van der Waals surface area contributed by atoms with Crippen LogP contribution in [-0.2, 0) is 6.54 Å². The molecule has 21 heavy (non-hydrogen) atoms. The number of hydrogen-bond donors (Lipinski definition) is 1. The van der Waals surface area contributed by atoms with Gasteiger partial charge in [0.05, 0.1) is 11.4 Å². The van der Waals surface area contributed by atoms with Crippen molar-refractivity contribution in [1.82, 2.24) is 30.5 Å². The summed E-state index contributed by atoms with van der Waals surface area (Å²) in [5.41, 5.74) is 2.97. The predicted octanol–water partition coefficient (Wildman–Crippen LogP) is 2.28. The molecule has 2 aromatic heterocycles. The molecule has 6 nitrogen and oxygen atoms in total. The zero-order valence-electron chi connectivity index (χ0n) is 11.9. The molecule has 3 rings (SSSR count). The molecule has 0 unspecified atom stereocenters. The van der Waals surface area contributed by atoms with E-state index in [9.17, 15) is 0 Å². The summed E-state index contributed by atoms with van der Waals surface area (Å²) in [5.74, 6) is 0. The highest BCUT2D eigenvalue weighted by Gasteiger charge is 2.07. The third-order valence-corrected chi connectivity index (χ3v) is 3.82. The van der Waals surface area contributed by atoms with Crippen LogP contribution in [0, 0.1) is 0 Å². The van der Waals surface area contributed by atoms with Crippen LogP contribution in [0.15, 0.2) is 36.0 Å². The summed E-state index contributed by atoms with van der Waals surface area (Å²) >= 11 is 1.67. The summed E-state index contributed by atoms with van der Waals surface area (Å²) in [4.78, 5) is 4.67. The van der Waals surface area contributed by atoms with Crippen molar-refractivity contribution in [3.05, 3.63) is 41.0 Å². The number of thiazole rings is 1. The zero-order valence-corrected chi connectivity index (χ0v) is 12.7. The van der Waals surface area contributed by atoms with E-state index in [1.54, 1.807) is 22.3 Å². The molecular weight excluding hydrogens is 284 g/mol.